The molecule has 3 aromatic carbocycles. The third-order valence-electron chi connectivity index (χ3n) is 6.44. The first-order valence-corrected chi connectivity index (χ1v) is 14.7. The second-order valence-electron chi connectivity index (χ2n) is 9.45. The summed E-state index contributed by atoms with van der Waals surface area (Å²) >= 11 is 6.51. The minimum absolute atomic E-state index is 0.144. The molecule has 0 aliphatic rings. The van der Waals surface area contributed by atoms with Crippen molar-refractivity contribution in [2.75, 3.05) is 29.7 Å². The van der Waals surface area contributed by atoms with Crippen molar-refractivity contribution in [2.24, 2.45) is 0 Å². The molecular weight excluding hydrogens is 555 g/mol. The number of sulfone groups is 1. The molecule has 2 heterocycles. The molecule has 0 aliphatic heterocycles. The van der Waals surface area contributed by atoms with Gasteiger partial charge in [0.05, 0.1) is 16.3 Å². The number of ether oxygens (including phenoxy) is 1. The molecular formula is C29H26ClFN4O4S. The summed E-state index contributed by atoms with van der Waals surface area (Å²) in [6.45, 7) is 0.144. The van der Waals surface area contributed by atoms with Gasteiger partial charge in [0.15, 0.2) is 0 Å². The summed E-state index contributed by atoms with van der Waals surface area (Å²) in [5, 5.41) is 1.02. The monoisotopic (exact) mass is 580 g/mol. The van der Waals surface area contributed by atoms with E-state index in [0.717, 1.165) is 5.56 Å². The highest BCUT2D eigenvalue weighted by Gasteiger charge is 2.26. The van der Waals surface area contributed by atoms with E-state index in [0.29, 0.717) is 50.3 Å². The first-order valence-electron chi connectivity index (χ1n) is 12.2. The minimum atomic E-state index is -3.40. The van der Waals surface area contributed by atoms with Gasteiger partial charge in [0.25, 0.3) is 0 Å². The van der Waals surface area contributed by atoms with Gasteiger partial charge in [0.1, 0.15) is 57.7 Å². The predicted octanol–water partition coefficient (Wildman–Crippen LogP) is 6.07. The number of nitrogens with two attached hydrogens (primary N) is 1. The number of halogens is 2. The Morgan fingerprint density at radius 1 is 1.07 bits per heavy atom. The van der Waals surface area contributed by atoms with Crippen LogP contribution in [0.1, 0.15) is 17.4 Å². The number of fused-ring (bicyclic) bond motifs is 1. The molecule has 1 atom stereocenters. The lowest BCUT2D eigenvalue weighted by Crippen LogP contribution is -2.29. The third kappa shape index (κ3) is 6.19. The van der Waals surface area contributed by atoms with Crippen LogP contribution < -0.4 is 15.4 Å². The van der Waals surface area contributed by atoms with Gasteiger partial charge in [-0.25, -0.2) is 22.8 Å². The molecule has 0 radical (unpaired) electrons. The molecule has 5 rings (SSSR count). The fraction of sp³-hybridized carbons (Fsp3) is 0.172. The van der Waals surface area contributed by atoms with Crippen molar-refractivity contribution in [3.63, 3.8) is 0 Å². The Labute approximate surface area is 236 Å². The van der Waals surface area contributed by atoms with Gasteiger partial charge >= 0.3 is 0 Å². The molecule has 11 heteroatoms. The smallest absolute Gasteiger partial charge is 0.149 e. The number of benzene rings is 3. The van der Waals surface area contributed by atoms with Crippen LogP contribution in [0.5, 0.6) is 5.75 Å². The Hall–Kier alpha value is -4.15. The number of nitrogen functional groups attached to an aromatic ring is 1. The average Bonchev–Trinajstić information content (AvgIpc) is 3.40. The van der Waals surface area contributed by atoms with Gasteiger partial charge in [0, 0.05) is 29.9 Å². The summed E-state index contributed by atoms with van der Waals surface area (Å²) in [5.74, 6) is 1.25. The number of rotatable bonds is 9. The summed E-state index contributed by atoms with van der Waals surface area (Å²) in [5.41, 5.74) is 8.80. The second kappa shape index (κ2) is 11.1. The van der Waals surface area contributed by atoms with Crippen LogP contribution in [0.3, 0.4) is 0 Å². The number of hydrogen-bond donors (Lipinski definition) is 1. The number of furan rings is 1. The summed E-state index contributed by atoms with van der Waals surface area (Å²) < 4.78 is 50.3. The first-order chi connectivity index (χ1) is 19.1. The Morgan fingerprint density at radius 2 is 1.90 bits per heavy atom. The van der Waals surface area contributed by atoms with Crippen molar-refractivity contribution in [2.45, 2.75) is 12.6 Å². The van der Waals surface area contributed by atoms with Gasteiger partial charge in [-0.05, 0) is 66.2 Å². The van der Waals surface area contributed by atoms with Gasteiger partial charge in [-0.3, -0.25) is 0 Å². The Balaban J connectivity index is 1.41. The molecule has 0 amide bonds. The normalized spacial score (nSPS) is 12.4. The van der Waals surface area contributed by atoms with Crippen molar-refractivity contribution >= 4 is 43.8 Å². The number of hydrogen-bond acceptors (Lipinski definition) is 8. The lowest BCUT2D eigenvalue weighted by atomic mass is 10.1. The third-order valence-corrected chi connectivity index (χ3v) is 7.66. The molecule has 0 spiro atoms. The first kappa shape index (κ1) is 27.4. The standard InChI is InChI=1S/C29H26ClFN4O4S/c1-35(21-7-9-27(23(30)14-21)38-15-18-4-3-5-20(31)12-18)25(16-40(2,36)37)28-11-10-26(39-28)19-6-8-24-22(13-19)29(32)34-17-33-24/h3-14,17,25H,15-16H2,1-2H3,(H2,32,33,34)/t25-/m1/s1. The maximum atomic E-state index is 13.5. The molecule has 0 aliphatic carbocycles. The summed E-state index contributed by atoms with van der Waals surface area (Å²) in [4.78, 5) is 10.1. The van der Waals surface area contributed by atoms with Crippen molar-refractivity contribution in [1.29, 1.82) is 0 Å². The highest BCUT2D eigenvalue weighted by atomic mass is 35.5. The zero-order valence-electron chi connectivity index (χ0n) is 21.7. The van der Waals surface area contributed by atoms with Crippen molar-refractivity contribution in [1.82, 2.24) is 9.97 Å². The van der Waals surface area contributed by atoms with Gasteiger partial charge in [-0.2, -0.15) is 0 Å². The number of anilines is 2. The molecule has 0 fully saturated rings. The maximum absolute atomic E-state index is 13.5. The van der Waals surface area contributed by atoms with Crippen LogP contribution in [0.4, 0.5) is 15.9 Å². The number of aromatic nitrogens is 2. The van der Waals surface area contributed by atoms with Gasteiger partial charge < -0.3 is 19.8 Å². The fourth-order valence-corrected chi connectivity index (χ4v) is 5.57. The van der Waals surface area contributed by atoms with E-state index in [1.807, 2.05) is 18.2 Å². The van der Waals surface area contributed by atoms with E-state index in [9.17, 15) is 12.8 Å². The van der Waals surface area contributed by atoms with E-state index in [-0.39, 0.29) is 18.2 Å². The average molecular weight is 581 g/mol. The highest BCUT2D eigenvalue weighted by molar-refractivity contribution is 7.90. The largest absolute Gasteiger partial charge is 0.487 e. The fourth-order valence-electron chi connectivity index (χ4n) is 4.38. The molecule has 2 N–H and O–H groups in total. The van der Waals surface area contributed by atoms with E-state index in [2.05, 4.69) is 9.97 Å². The summed E-state index contributed by atoms with van der Waals surface area (Å²) in [6, 6.07) is 19.7. The van der Waals surface area contributed by atoms with Gasteiger partial charge in [-0.1, -0.05) is 23.7 Å². The van der Waals surface area contributed by atoms with E-state index in [4.69, 9.17) is 26.5 Å². The van der Waals surface area contributed by atoms with Gasteiger partial charge in [0.2, 0.25) is 0 Å². The van der Waals surface area contributed by atoms with Crippen molar-refractivity contribution in [3.05, 3.63) is 101 Å². The van der Waals surface area contributed by atoms with E-state index in [1.165, 1.54) is 24.7 Å². The zero-order chi connectivity index (χ0) is 28.4. The summed E-state index contributed by atoms with van der Waals surface area (Å²) in [7, 11) is -1.63. The molecule has 0 saturated heterocycles. The van der Waals surface area contributed by atoms with E-state index in [1.54, 1.807) is 54.4 Å². The molecule has 8 nitrogen and oxygen atoms in total. The molecule has 5 aromatic rings. The Kier molecular flexibility index (Phi) is 7.64. The second-order valence-corrected chi connectivity index (χ2v) is 12.0. The molecule has 40 heavy (non-hydrogen) atoms. The Morgan fingerprint density at radius 3 is 2.65 bits per heavy atom. The molecule has 206 valence electrons. The Bertz CT molecular complexity index is 1790. The lowest BCUT2D eigenvalue weighted by Gasteiger charge is -2.28. The van der Waals surface area contributed by atoms with Crippen molar-refractivity contribution in [3.8, 4) is 17.1 Å². The zero-order valence-corrected chi connectivity index (χ0v) is 23.3. The van der Waals surface area contributed by atoms with Crippen LogP contribution in [-0.2, 0) is 16.4 Å². The van der Waals surface area contributed by atoms with E-state index >= 15 is 0 Å². The molecule has 0 bridgehead atoms. The molecule has 0 saturated carbocycles. The van der Waals surface area contributed by atoms with Crippen LogP contribution in [0, 0.1) is 5.82 Å². The number of nitrogens with zero attached hydrogens (tertiary/aromatic N) is 3. The molecule has 2 aromatic heterocycles. The summed E-state index contributed by atoms with van der Waals surface area (Å²) in [6.07, 6.45) is 2.59. The molecule has 0 unspecified atom stereocenters. The van der Waals surface area contributed by atoms with Crippen LogP contribution >= 0.6 is 11.6 Å². The van der Waals surface area contributed by atoms with Crippen LogP contribution in [0.15, 0.2) is 83.5 Å². The van der Waals surface area contributed by atoms with Crippen LogP contribution in [-0.4, -0.2) is 37.4 Å². The lowest BCUT2D eigenvalue weighted by molar-refractivity contribution is 0.306. The van der Waals surface area contributed by atoms with Crippen molar-refractivity contribution < 1.29 is 22.0 Å². The van der Waals surface area contributed by atoms with E-state index < -0.39 is 15.9 Å². The van der Waals surface area contributed by atoms with Crippen LogP contribution in [0.25, 0.3) is 22.2 Å². The SMILES string of the molecule is CN(c1ccc(OCc2cccc(F)c2)c(Cl)c1)[C@H](CS(C)(=O)=O)c1ccc(-c2ccc3ncnc(N)c3c2)o1. The topological polar surface area (TPSA) is 112 Å². The quantitative estimate of drug-likeness (QED) is 0.224. The predicted molar refractivity (Wildman–Crippen MR) is 155 cm³/mol. The maximum Gasteiger partial charge on any atom is 0.149 e. The highest BCUT2D eigenvalue weighted by Crippen LogP contribution is 2.36. The minimum Gasteiger partial charge on any atom is -0.487 e. The van der Waals surface area contributed by atoms with Gasteiger partial charge in [-0.15, -0.1) is 0 Å². The van der Waals surface area contributed by atoms with Crippen LogP contribution in [0.2, 0.25) is 5.02 Å².